The molecule has 0 bridgehead atoms. The summed E-state index contributed by atoms with van der Waals surface area (Å²) >= 11 is 0. The molecule has 6 aromatic carbocycles. The molecule has 0 saturated carbocycles. The fourth-order valence-corrected chi connectivity index (χ4v) is 6.55. The van der Waals surface area contributed by atoms with Crippen molar-refractivity contribution in [2.24, 2.45) is 0 Å². The summed E-state index contributed by atoms with van der Waals surface area (Å²) in [6, 6.07) is 43.2. The molecule has 4 aromatic heterocycles. The Bertz CT molecular complexity index is 2610. The van der Waals surface area contributed by atoms with E-state index in [-0.39, 0.29) is 31.0 Å². The van der Waals surface area contributed by atoms with E-state index in [0.29, 0.717) is 33.7 Å². The van der Waals surface area contributed by atoms with Gasteiger partial charge in [-0.25, -0.2) is 0 Å². The second-order valence-electron chi connectivity index (χ2n) is 11.7. The van der Waals surface area contributed by atoms with Crippen molar-refractivity contribution >= 4 is 65.4 Å². The molecule has 0 unspecified atom stereocenters. The Balaban J connectivity index is 0.000000139. The SMILES string of the molecule is Oc1ccc2c(oc3cc4ccccc4cc32)c1-c1ccccn1.Oc1ccc2c(oc3cc4ccccc4cc32)c1-c1ccccn1.[Zn]. The molecule has 0 radical (unpaired) electrons. The van der Waals surface area contributed by atoms with Crippen LogP contribution < -0.4 is 0 Å². The summed E-state index contributed by atoms with van der Waals surface area (Å²) in [5.74, 6) is 0.342. The summed E-state index contributed by atoms with van der Waals surface area (Å²) in [5.41, 5.74) is 5.62. The molecule has 0 aliphatic carbocycles. The van der Waals surface area contributed by atoms with E-state index in [1.54, 1.807) is 24.5 Å². The smallest absolute Gasteiger partial charge is 0.148 e. The molecule has 4 heterocycles. The van der Waals surface area contributed by atoms with Crippen LogP contribution in [-0.2, 0) is 19.5 Å². The van der Waals surface area contributed by atoms with Crippen LogP contribution in [-0.4, -0.2) is 20.2 Å². The Morgan fingerprint density at radius 3 is 1.18 bits per heavy atom. The Kier molecular flexibility index (Phi) is 7.55. The van der Waals surface area contributed by atoms with Crippen molar-refractivity contribution in [1.29, 1.82) is 0 Å². The number of hydrogen-bond donors (Lipinski definition) is 2. The summed E-state index contributed by atoms with van der Waals surface area (Å²) in [7, 11) is 0. The molecule has 0 amide bonds. The van der Waals surface area contributed by atoms with Crippen molar-refractivity contribution in [1.82, 2.24) is 9.97 Å². The number of aromatic nitrogens is 2. The van der Waals surface area contributed by atoms with E-state index in [1.165, 1.54) is 10.8 Å². The number of benzene rings is 6. The standard InChI is InChI=1S/2C21H13NO2.Zn/c2*23-18-9-8-15-16-11-13-5-1-2-6-14(13)12-19(16)24-21(15)20(18)17-7-3-4-10-22-17;/h2*1-12,23H;. The van der Waals surface area contributed by atoms with Crippen molar-refractivity contribution in [3.63, 3.8) is 0 Å². The number of nitrogens with zero attached hydrogens (tertiary/aromatic N) is 2. The minimum Gasteiger partial charge on any atom is -0.507 e. The first-order valence-electron chi connectivity index (χ1n) is 15.6. The maximum Gasteiger partial charge on any atom is 0.148 e. The third-order valence-electron chi connectivity index (χ3n) is 8.81. The monoisotopic (exact) mass is 686 g/mol. The molecule has 2 N–H and O–H groups in total. The second kappa shape index (κ2) is 12.2. The zero-order valence-electron chi connectivity index (χ0n) is 26.2. The van der Waals surface area contributed by atoms with Crippen LogP contribution in [0.5, 0.6) is 11.5 Å². The zero-order chi connectivity index (χ0) is 32.2. The number of phenolic OH excluding ortho intramolecular Hbond substituents is 2. The fraction of sp³-hybridized carbons (Fsp3) is 0. The Morgan fingerprint density at radius 2 is 0.796 bits per heavy atom. The van der Waals surface area contributed by atoms with Crippen molar-refractivity contribution < 1.29 is 38.5 Å². The van der Waals surface area contributed by atoms with Gasteiger partial charge < -0.3 is 19.0 Å². The topological polar surface area (TPSA) is 92.5 Å². The summed E-state index contributed by atoms with van der Waals surface area (Å²) in [6.45, 7) is 0. The average Bonchev–Trinajstić information content (AvgIpc) is 3.67. The minimum absolute atomic E-state index is 0. The van der Waals surface area contributed by atoms with Gasteiger partial charge in [0, 0.05) is 53.4 Å². The van der Waals surface area contributed by atoms with Crippen LogP contribution in [0, 0.1) is 0 Å². The van der Waals surface area contributed by atoms with Gasteiger partial charge in [-0.3, -0.25) is 9.97 Å². The molecule has 49 heavy (non-hydrogen) atoms. The van der Waals surface area contributed by atoms with Crippen LogP contribution in [0.2, 0.25) is 0 Å². The molecule has 0 aliphatic heterocycles. The van der Waals surface area contributed by atoms with E-state index in [4.69, 9.17) is 8.83 Å². The molecular formula is C42H26N2O4Zn. The molecule has 0 atom stereocenters. The van der Waals surface area contributed by atoms with Gasteiger partial charge in [0.25, 0.3) is 0 Å². The molecule has 0 saturated heterocycles. The van der Waals surface area contributed by atoms with Crippen LogP contribution in [0.15, 0.2) is 155 Å². The molecule has 6 nitrogen and oxygen atoms in total. The molecule has 10 rings (SSSR count). The number of aromatic hydroxyl groups is 2. The number of pyridine rings is 2. The van der Waals surface area contributed by atoms with Crippen molar-refractivity contribution in [3.8, 4) is 34.0 Å². The molecular weight excluding hydrogens is 662 g/mol. The number of phenols is 2. The van der Waals surface area contributed by atoms with Crippen LogP contribution in [0.4, 0.5) is 0 Å². The van der Waals surface area contributed by atoms with Crippen LogP contribution in [0.3, 0.4) is 0 Å². The predicted molar refractivity (Wildman–Crippen MR) is 192 cm³/mol. The first-order valence-corrected chi connectivity index (χ1v) is 15.6. The number of hydrogen-bond acceptors (Lipinski definition) is 6. The quantitative estimate of drug-likeness (QED) is 0.176. The summed E-state index contributed by atoms with van der Waals surface area (Å²) in [6.07, 6.45) is 3.43. The van der Waals surface area contributed by atoms with Crippen molar-refractivity contribution in [2.75, 3.05) is 0 Å². The molecule has 10 aromatic rings. The van der Waals surface area contributed by atoms with Gasteiger partial charge in [-0.2, -0.15) is 0 Å². The van der Waals surface area contributed by atoms with Crippen molar-refractivity contribution in [2.45, 2.75) is 0 Å². The first-order chi connectivity index (χ1) is 23.6. The van der Waals surface area contributed by atoms with E-state index in [9.17, 15) is 10.2 Å². The Hall–Kier alpha value is -6.04. The van der Waals surface area contributed by atoms with Crippen molar-refractivity contribution in [3.05, 3.63) is 146 Å². The summed E-state index contributed by atoms with van der Waals surface area (Å²) < 4.78 is 12.3. The fourth-order valence-electron chi connectivity index (χ4n) is 6.55. The normalized spacial score (nSPS) is 11.3. The van der Waals surface area contributed by atoms with Crippen LogP contribution in [0.1, 0.15) is 0 Å². The second-order valence-corrected chi connectivity index (χ2v) is 11.7. The van der Waals surface area contributed by atoms with Gasteiger partial charge >= 0.3 is 0 Å². The Morgan fingerprint density at radius 1 is 0.408 bits per heavy atom. The average molecular weight is 688 g/mol. The summed E-state index contributed by atoms with van der Waals surface area (Å²) in [4.78, 5) is 8.73. The van der Waals surface area contributed by atoms with E-state index in [0.717, 1.165) is 43.5 Å². The van der Waals surface area contributed by atoms with E-state index in [2.05, 4.69) is 46.4 Å². The molecule has 0 spiro atoms. The third kappa shape index (κ3) is 5.16. The van der Waals surface area contributed by atoms with Crippen LogP contribution in [0.25, 0.3) is 87.9 Å². The van der Waals surface area contributed by atoms with Gasteiger partial charge in [-0.15, -0.1) is 0 Å². The van der Waals surface area contributed by atoms with Gasteiger partial charge in [0.15, 0.2) is 0 Å². The number of rotatable bonds is 2. The van der Waals surface area contributed by atoms with Gasteiger partial charge in [0.1, 0.15) is 33.8 Å². The number of furan rings is 2. The molecule has 230 valence electrons. The number of fused-ring (bicyclic) bond motifs is 8. The summed E-state index contributed by atoms with van der Waals surface area (Å²) in [5, 5.41) is 29.4. The largest absolute Gasteiger partial charge is 0.507 e. The molecule has 7 heteroatoms. The van der Waals surface area contributed by atoms with E-state index >= 15 is 0 Å². The minimum atomic E-state index is 0. The predicted octanol–water partition coefficient (Wildman–Crippen LogP) is 11.0. The molecule has 0 aliphatic rings. The van der Waals surface area contributed by atoms with Crippen LogP contribution >= 0.6 is 0 Å². The Labute approximate surface area is 292 Å². The zero-order valence-corrected chi connectivity index (χ0v) is 29.1. The third-order valence-corrected chi connectivity index (χ3v) is 8.81. The van der Waals surface area contributed by atoms with E-state index < -0.39 is 0 Å². The van der Waals surface area contributed by atoms with Gasteiger partial charge in [0.05, 0.1) is 22.5 Å². The first kappa shape index (κ1) is 30.3. The van der Waals surface area contributed by atoms with Gasteiger partial charge in [-0.1, -0.05) is 60.7 Å². The van der Waals surface area contributed by atoms with Gasteiger partial charge in [-0.05, 0) is 94.3 Å². The maximum atomic E-state index is 10.4. The van der Waals surface area contributed by atoms with Gasteiger partial charge in [0.2, 0.25) is 0 Å². The molecule has 0 fully saturated rings. The maximum absolute atomic E-state index is 10.4. The van der Waals surface area contributed by atoms with E-state index in [1.807, 2.05) is 84.9 Å².